The van der Waals surface area contributed by atoms with Gasteiger partial charge in [-0.2, -0.15) is 5.26 Å². The van der Waals surface area contributed by atoms with Crippen LogP contribution in [0.3, 0.4) is 0 Å². The summed E-state index contributed by atoms with van der Waals surface area (Å²) in [6.45, 7) is 8.14. The zero-order valence-electron chi connectivity index (χ0n) is 11.8. The van der Waals surface area contributed by atoms with Gasteiger partial charge in [0.1, 0.15) is 5.92 Å². The first-order valence-electron chi connectivity index (χ1n) is 6.97. The van der Waals surface area contributed by atoms with Crippen LogP contribution in [0.25, 0.3) is 0 Å². The third-order valence-corrected chi connectivity index (χ3v) is 5.05. The van der Waals surface area contributed by atoms with Crippen LogP contribution >= 0.6 is 0 Å². The largest absolute Gasteiger partial charge is 0.374 e. The van der Waals surface area contributed by atoms with E-state index < -0.39 is 11.3 Å². The van der Waals surface area contributed by atoms with Gasteiger partial charge < -0.3 is 4.74 Å². The minimum absolute atomic E-state index is 0.0182. The van der Waals surface area contributed by atoms with Crippen LogP contribution in [0.4, 0.5) is 0 Å². The molecule has 0 aromatic rings. The van der Waals surface area contributed by atoms with Crippen molar-refractivity contribution in [2.45, 2.75) is 65.6 Å². The van der Waals surface area contributed by atoms with Crippen LogP contribution in [-0.4, -0.2) is 18.0 Å². The number of hydrogen-bond donors (Lipinski definition) is 0. The second-order valence-corrected chi connectivity index (χ2v) is 6.55. The van der Waals surface area contributed by atoms with Crippen LogP contribution in [0.2, 0.25) is 0 Å². The molecule has 0 amide bonds. The molecular formula is C15H23NO2. The number of Topliss-reactive ketones (excluding diaryl/α,β-unsaturated/α-hetero) is 1. The lowest BCUT2D eigenvalue weighted by molar-refractivity contribution is -0.199. The molecule has 1 heterocycles. The van der Waals surface area contributed by atoms with Crippen molar-refractivity contribution in [3.8, 4) is 6.07 Å². The first-order valence-corrected chi connectivity index (χ1v) is 6.97. The van der Waals surface area contributed by atoms with Crippen LogP contribution in [0, 0.1) is 28.1 Å². The molecule has 0 aromatic heterocycles. The molecule has 0 radical (unpaired) electrons. The Morgan fingerprint density at radius 1 is 1.50 bits per heavy atom. The van der Waals surface area contributed by atoms with Gasteiger partial charge in [0.2, 0.25) is 0 Å². The monoisotopic (exact) mass is 249 g/mol. The SMILES string of the molecule is CCC12CCC(C)O[C@H]1C(C)(C)C(=O)C(C#N)C2. The van der Waals surface area contributed by atoms with Gasteiger partial charge in [0, 0.05) is 0 Å². The highest BCUT2D eigenvalue weighted by Crippen LogP contribution is 2.55. The molecule has 3 unspecified atom stereocenters. The third-order valence-electron chi connectivity index (χ3n) is 5.05. The summed E-state index contributed by atoms with van der Waals surface area (Å²) in [6.07, 6.45) is 3.96. The number of nitrogens with zero attached hydrogens (tertiary/aromatic N) is 1. The van der Waals surface area contributed by atoms with Gasteiger partial charge in [0.05, 0.1) is 23.7 Å². The van der Waals surface area contributed by atoms with E-state index in [4.69, 9.17) is 4.74 Å². The quantitative estimate of drug-likeness (QED) is 0.717. The van der Waals surface area contributed by atoms with Gasteiger partial charge in [-0.05, 0) is 38.0 Å². The van der Waals surface area contributed by atoms with Gasteiger partial charge in [-0.3, -0.25) is 4.79 Å². The maximum absolute atomic E-state index is 12.4. The van der Waals surface area contributed by atoms with Crippen molar-refractivity contribution in [2.24, 2.45) is 16.7 Å². The van der Waals surface area contributed by atoms with E-state index in [0.717, 1.165) is 19.3 Å². The number of carbonyl (C=O) groups excluding carboxylic acids is 1. The van der Waals surface area contributed by atoms with Gasteiger partial charge in [-0.15, -0.1) is 0 Å². The fraction of sp³-hybridized carbons (Fsp3) is 0.867. The Morgan fingerprint density at radius 2 is 2.17 bits per heavy atom. The second-order valence-electron chi connectivity index (χ2n) is 6.55. The summed E-state index contributed by atoms with van der Waals surface area (Å²) >= 11 is 0. The molecule has 0 N–H and O–H groups in total. The molecule has 1 aliphatic heterocycles. The minimum atomic E-state index is -0.538. The van der Waals surface area contributed by atoms with E-state index in [2.05, 4.69) is 19.9 Å². The molecule has 18 heavy (non-hydrogen) atoms. The average molecular weight is 249 g/mol. The first kappa shape index (κ1) is 13.5. The standard InChI is InChI=1S/C15H23NO2/c1-5-15-7-6-10(2)18-13(15)14(3,4)12(17)11(8-15)9-16/h10-11,13H,5-8H2,1-4H3/t10?,11?,13-,15?/m0/s1. The Morgan fingerprint density at radius 3 is 2.72 bits per heavy atom. The average Bonchev–Trinajstić information content (AvgIpc) is 2.35. The Labute approximate surface area is 110 Å². The molecule has 100 valence electrons. The highest BCUT2D eigenvalue weighted by atomic mass is 16.5. The Balaban J connectivity index is 2.42. The van der Waals surface area contributed by atoms with E-state index in [1.807, 2.05) is 13.8 Å². The fourth-order valence-corrected chi connectivity index (χ4v) is 3.90. The van der Waals surface area contributed by atoms with Crippen molar-refractivity contribution < 1.29 is 9.53 Å². The normalized spacial score (nSPS) is 43.1. The topological polar surface area (TPSA) is 50.1 Å². The molecule has 0 bridgehead atoms. The summed E-state index contributed by atoms with van der Waals surface area (Å²) in [7, 11) is 0. The van der Waals surface area contributed by atoms with Crippen molar-refractivity contribution in [2.75, 3.05) is 0 Å². The van der Waals surface area contributed by atoms with Crippen molar-refractivity contribution in [1.29, 1.82) is 5.26 Å². The van der Waals surface area contributed by atoms with Gasteiger partial charge in [-0.25, -0.2) is 0 Å². The molecule has 1 aliphatic carbocycles. The number of nitriles is 1. The zero-order chi connectivity index (χ0) is 13.6. The molecular weight excluding hydrogens is 226 g/mol. The predicted molar refractivity (Wildman–Crippen MR) is 68.8 cm³/mol. The molecule has 3 nitrogen and oxygen atoms in total. The number of ether oxygens (including phenoxy) is 1. The smallest absolute Gasteiger partial charge is 0.158 e. The summed E-state index contributed by atoms with van der Waals surface area (Å²) in [6, 6.07) is 2.21. The number of fused-ring (bicyclic) bond motifs is 1. The van der Waals surface area contributed by atoms with Gasteiger partial charge in [-0.1, -0.05) is 20.8 Å². The van der Waals surface area contributed by atoms with E-state index in [0.29, 0.717) is 6.42 Å². The summed E-state index contributed by atoms with van der Waals surface area (Å²) in [5, 5.41) is 9.23. The number of rotatable bonds is 1. The van der Waals surface area contributed by atoms with Gasteiger partial charge >= 0.3 is 0 Å². The molecule has 2 fully saturated rings. The lowest BCUT2D eigenvalue weighted by Gasteiger charge is -2.55. The summed E-state index contributed by atoms with van der Waals surface area (Å²) in [5.41, 5.74) is -0.520. The zero-order valence-corrected chi connectivity index (χ0v) is 11.8. The van der Waals surface area contributed by atoms with Crippen molar-refractivity contribution >= 4 is 5.78 Å². The predicted octanol–water partition coefficient (Wildman–Crippen LogP) is 3.09. The molecule has 0 spiro atoms. The highest BCUT2D eigenvalue weighted by Gasteiger charge is 2.58. The summed E-state index contributed by atoms with van der Waals surface area (Å²) in [5.74, 6) is -0.388. The molecule has 0 aromatic carbocycles. The van der Waals surface area contributed by atoms with E-state index in [1.165, 1.54) is 0 Å². The number of ketones is 1. The Hall–Kier alpha value is -0.880. The van der Waals surface area contributed by atoms with E-state index in [1.54, 1.807) is 0 Å². The molecule has 2 rings (SSSR count). The fourth-order valence-electron chi connectivity index (χ4n) is 3.90. The van der Waals surface area contributed by atoms with Crippen LogP contribution in [-0.2, 0) is 9.53 Å². The molecule has 2 aliphatic rings. The molecule has 3 heteroatoms. The third kappa shape index (κ3) is 1.78. The van der Waals surface area contributed by atoms with Gasteiger partial charge in [0.15, 0.2) is 5.78 Å². The van der Waals surface area contributed by atoms with E-state index in [9.17, 15) is 10.1 Å². The van der Waals surface area contributed by atoms with Crippen LogP contribution in [0.5, 0.6) is 0 Å². The second kappa shape index (κ2) is 4.35. The summed E-state index contributed by atoms with van der Waals surface area (Å²) in [4.78, 5) is 12.4. The van der Waals surface area contributed by atoms with Crippen LogP contribution in [0.15, 0.2) is 0 Å². The lowest BCUT2D eigenvalue weighted by atomic mass is 9.54. The van der Waals surface area contributed by atoms with Crippen molar-refractivity contribution in [3.05, 3.63) is 0 Å². The van der Waals surface area contributed by atoms with Crippen LogP contribution in [0.1, 0.15) is 53.4 Å². The Kier molecular flexibility index (Phi) is 3.27. The minimum Gasteiger partial charge on any atom is -0.374 e. The highest BCUT2D eigenvalue weighted by molar-refractivity contribution is 5.90. The first-order chi connectivity index (χ1) is 8.37. The van der Waals surface area contributed by atoms with Crippen molar-refractivity contribution in [3.63, 3.8) is 0 Å². The van der Waals surface area contributed by atoms with Crippen LogP contribution < -0.4 is 0 Å². The molecule has 1 saturated carbocycles. The number of carbonyl (C=O) groups is 1. The lowest BCUT2D eigenvalue weighted by Crippen LogP contribution is -2.60. The summed E-state index contributed by atoms with van der Waals surface area (Å²) < 4.78 is 6.13. The number of hydrogen-bond acceptors (Lipinski definition) is 3. The van der Waals surface area contributed by atoms with E-state index in [-0.39, 0.29) is 23.4 Å². The van der Waals surface area contributed by atoms with Crippen molar-refractivity contribution in [1.82, 2.24) is 0 Å². The maximum atomic E-state index is 12.4. The molecule has 4 atom stereocenters. The Bertz CT molecular complexity index is 396. The van der Waals surface area contributed by atoms with Gasteiger partial charge in [0.25, 0.3) is 0 Å². The molecule has 1 saturated heterocycles. The van der Waals surface area contributed by atoms with E-state index >= 15 is 0 Å². The maximum Gasteiger partial charge on any atom is 0.158 e.